The number of carbonyl (C=O) groups excluding carboxylic acids is 1. The van der Waals surface area contributed by atoms with Gasteiger partial charge < -0.3 is 20.6 Å². The third-order valence-corrected chi connectivity index (χ3v) is 4.05. The minimum Gasteiger partial charge on any atom is -0.388 e. The fraction of sp³-hybridized carbons (Fsp3) is 0.350. The monoisotopic (exact) mass is 341 g/mol. The molecule has 25 heavy (non-hydrogen) atoms. The highest BCUT2D eigenvalue weighted by molar-refractivity contribution is 5.74. The SMILES string of the molecule is Cc1ccc(CNC(=O)NCCC(O)c2ccccc2)c(N(C)C)c1. The van der Waals surface area contributed by atoms with Crippen LogP contribution in [0.5, 0.6) is 0 Å². The van der Waals surface area contributed by atoms with Gasteiger partial charge in [0.15, 0.2) is 0 Å². The number of amides is 2. The van der Waals surface area contributed by atoms with Gasteiger partial charge in [0.1, 0.15) is 0 Å². The lowest BCUT2D eigenvalue weighted by Gasteiger charge is -2.19. The maximum atomic E-state index is 12.0. The van der Waals surface area contributed by atoms with Crippen LogP contribution in [0.2, 0.25) is 0 Å². The molecule has 3 N–H and O–H groups in total. The Bertz CT molecular complexity index is 687. The van der Waals surface area contributed by atoms with Crippen LogP contribution >= 0.6 is 0 Å². The van der Waals surface area contributed by atoms with Crippen LogP contribution in [0.15, 0.2) is 48.5 Å². The number of carbonyl (C=O) groups is 1. The number of hydrogen-bond acceptors (Lipinski definition) is 3. The van der Waals surface area contributed by atoms with Crippen molar-refractivity contribution in [1.29, 1.82) is 0 Å². The van der Waals surface area contributed by atoms with Gasteiger partial charge in [-0.05, 0) is 36.1 Å². The van der Waals surface area contributed by atoms with Crippen molar-refractivity contribution in [3.05, 3.63) is 65.2 Å². The van der Waals surface area contributed by atoms with Crippen LogP contribution in [0.3, 0.4) is 0 Å². The predicted molar refractivity (Wildman–Crippen MR) is 102 cm³/mol. The zero-order valence-corrected chi connectivity index (χ0v) is 15.1. The van der Waals surface area contributed by atoms with E-state index in [-0.39, 0.29) is 6.03 Å². The van der Waals surface area contributed by atoms with Gasteiger partial charge in [-0.2, -0.15) is 0 Å². The van der Waals surface area contributed by atoms with Crippen LogP contribution < -0.4 is 15.5 Å². The van der Waals surface area contributed by atoms with Crippen molar-refractivity contribution in [3.63, 3.8) is 0 Å². The van der Waals surface area contributed by atoms with Gasteiger partial charge in [-0.3, -0.25) is 0 Å². The number of anilines is 1. The summed E-state index contributed by atoms with van der Waals surface area (Å²) in [5.41, 5.74) is 4.21. The number of benzene rings is 2. The standard InChI is InChI=1S/C20H27N3O2/c1-15-9-10-17(18(13-15)23(2)3)14-22-20(25)21-12-11-19(24)16-7-5-4-6-8-16/h4-10,13,19,24H,11-12,14H2,1-3H3,(H2,21,22,25). The molecule has 0 aliphatic carbocycles. The zero-order chi connectivity index (χ0) is 18.2. The summed E-state index contributed by atoms with van der Waals surface area (Å²) in [5.74, 6) is 0. The van der Waals surface area contributed by atoms with E-state index in [2.05, 4.69) is 23.6 Å². The van der Waals surface area contributed by atoms with Gasteiger partial charge in [-0.25, -0.2) is 4.79 Å². The summed E-state index contributed by atoms with van der Waals surface area (Å²) in [6, 6.07) is 15.4. The number of hydrogen-bond donors (Lipinski definition) is 3. The highest BCUT2D eigenvalue weighted by Crippen LogP contribution is 2.20. The molecule has 134 valence electrons. The number of nitrogens with zero attached hydrogens (tertiary/aromatic N) is 1. The Hall–Kier alpha value is -2.53. The van der Waals surface area contributed by atoms with Gasteiger partial charge in [-0.15, -0.1) is 0 Å². The Morgan fingerprint density at radius 1 is 1.12 bits per heavy atom. The normalized spacial score (nSPS) is 11.7. The summed E-state index contributed by atoms with van der Waals surface area (Å²) >= 11 is 0. The lowest BCUT2D eigenvalue weighted by atomic mass is 10.1. The molecule has 0 bridgehead atoms. The van der Waals surface area contributed by atoms with Gasteiger partial charge in [0, 0.05) is 32.9 Å². The van der Waals surface area contributed by atoms with E-state index in [9.17, 15) is 9.90 Å². The van der Waals surface area contributed by atoms with E-state index in [1.54, 1.807) is 0 Å². The summed E-state index contributed by atoms with van der Waals surface area (Å²) in [7, 11) is 3.98. The van der Waals surface area contributed by atoms with E-state index in [1.165, 1.54) is 5.56 Å². The van der Waals surface area contributed by atoms with Gasteiger partial charge >= 0.3 is 6.03 Å². The molecular formula is C20H27N3O2. The summed E-state index contributed by atoms with van der Waals surface area (Å²) in [4.78, 5) is 14.0. The Kier molecular flexibility index (Phi) is 6.83. The number of aliphatic hydroxyl groups is 1. The molecule has 0 aliphatic rings. The van der Waals surface area contributed by atoms with Gasteiger partial charge in [0.05, 0.1) is 6.10 Å². The topological polar surface area (TPSA) is 64.6 Å². The molecule has 5 heteroatoms. The Balaban J connectivity index is 1.78. The van der Waals surface area contributed by atoms with Crippen molar-refractivity contribution in [2.24, 2.45) is 0 Å². The maximum Gasteiger partial charge on any atom is 0.315 e. The second-order valence-electron chi connectivity index (χ2n) is 6.35. The molecule has 0 saturated carbocycles. The number of aliphatic hydroxyl groups excluding tert-OH is 1. The second kappa shape index (κ2) is 9.08. The largest absolute Gasteiger partial charge is 0.388 e. The lowest BCUT2D eigenvalue weighted by Crippen LogP contribution is -2.36. The number of aryl methyl sites for hydroxylation is 1. The van der Waals surface area contributed by atoms with E-state index >= 15 is 0 Å². The highest BCUT2D eigenvalue weighted by Gasteiger charge is 2.09. The fourth-order valence-corrected chi connectivity index (χ4v) is 2.64. The summed E-state index contributed by atoms with van der Waals surface area (Å²) in [6.45, 7) is 2.92. The van der Waals surface area contributed by atoms with Crippen LogP contribution in [-0.2, 0) is 6.54 Å². The maximum absolute atomic E-state index is 12.0. The summed E-state index contributed by atoms with van der Waals surface area (Å²) in [6.07, 6.45) is -0.0933. The quantitative estimate of drug-likeness (QED) is 0.725. The van der Waals surface area contributed by atoms with E-state index in [1.807, 2.05) is 61.5 Å². The molecule has 2 aromatic carbocycles. The highest BCUT2D eigenvalue weighted by atomic mass is 16.3. The van der Waals surface area contributed by atoms with Crippen LogP contribution in [0, 0.1) is 6.92 Å². The Morgan fingerprint density at radius 3 is 2.52 bits per heavy atom. The molecule has 0 heterocycles. The van der Waals surface area contributed by atoms with Crippen molar-refractivity contribution in [1.82, 2.24) is 10.6 Å². The van der Waals surface area contributed by atoms with Crippen LogP contribution in [0.4, 0.5) is 10.5 Å². The summed E-state index contributed by atoms with van der Waals surface area (Å²) in [5, 5.41) is 15.7. The van der Waals surface area contributed by atoms with E-state index < -0.39 is 6.10 Å². The third-order valence-electron chi connectivity index (χ3n) is 4.05. The molecule has 0 saturated heterocycles. The zero-order valence-electron chi connectivity index (χ0n) is 15.1. The van der Waals surface area contributed by atoms with Crippen LogP contribution in [0.25, 0.3) is 0 Å². The molecule has 2 rings (SSSR count). The van der Waals surface area contributed by atoms with Gasteiger partial charge in [0.25, 0.3) is 0 Å². The molecular weight excluding hydrogens is 314 g/mol. The second-order valence-corrected chi connectivity index (χ2v) is 6.35. The molecule has 0 aromatic heterocycles. The Morgan fingerprint density at radius 2 is 1.84 bits per heavy atom. The average molecular weight is 341 g/mol. The van der Waals surface area contributed by atoms with E-state index in [4.69, 9.17) is 0 Å². The minimum absolute atomic E-state index is 0.231. The van der Waals surface area contributed by atoms with Crippen LogP contribution in [0.1, 0.15) is 29.2 Å². The van der Waals surface area contributed by atoms with Crippen molar-refractivity contribution in [3.8, 4) is 0 Å². The predicted octanol–water partition coefficient (Wildman–Crippen LogP) is 2.98. The van der Waals surface area contributed by atoms with Gasteiger partial charge in [0.2, 0.25) is 0 Å². The van der Waals surface area contributed by atoms with Crippen molar-refractivity contribution in [2.45, 2.75) is 26.0 Å². The molecule has 0 aliphatic heterocycles. The van der Waals surface area contributed by atoms with Crippen molar-refractivity contribution < 1.29 is 9.90 Å². The van der Waals surface area contributed by atoms with Crippen molar-refractivity contribution in [2.75, 3.05) is 25.5 Å². The first-order valence-electron chi connectivity index (χ1n) is 8.49. The molecule has 0 radical (unpaired) electrons. The average Bonchev–Trinajstić information content (AvgIpc) is 2.61. The Labute approximate surface area is 149 Å². The van der Waals surface area contributed by atoms with Crippen LogP contribution in [-0.4, -0.2) is 31.8 Å². The molecule has 2 aromatic rings. The first-order valence-corrected chi connectivity index (χ1v) is 8.49. The molecule has 1 unspecified atom stereocenters. The smallest absolute Gasteiger partial charge is 0.315 e. The van der Waals surface area contributed by atoms with Gasteiger partial charge in [-0.1, -0.05) is 42.5 Å². The minimum atomic E-state index is -0.570. The molecule has 2 amide bonds. The molecule has 5 nitrogen and oxygen atoms in total. The molecule has 0 fully saturated rings. The molecule has 0 spiro atoms. The first-order chi connectivity index (χ1) is 12.0. The third kappa shape index (κ3) is 5.80. The molecule has 1 atom stereocenters. The number of rotatable bonds is 7. The fourth-order valence-electron chi connectivity index (χ4n) is 2.64. The van der Waals surface area contributed by atoms with Crippen molar-refractivity contribution >= 4 is 11.7 Å². The number of nitrogens with one attached hydrogen (secondary N) is 2. The van der Waals surface area contributed by atoms with E-state index in [0.717, 1.165) is 16.8 Å². The summed E-state index contributed by atoms with van der Waals surface area (Å²) < 4.78 is 0. The number of urea groups is 1. The van der Waals surface area contributed by atoms with E-state index in [0.29, 0.717) is 19.5 Å². The lowest BCUT2D eigenvalue weighted by molar-refractivity contribution is 0.167. The first kappa shape index (κ1) is 18.8.